The maximum absolute atomic E-state index is 7.23. The van der Waals surface area contributed by atoms with Crippen molar-refractivity contribution in [1.82, 2.24) is 0 Å². The van der Waals surface area contributed by atoms with Crippen LogP contribution in [0.25, 0.3) is 9.69 Å². The Morgan fingerprint density at radius 2 is 1.27 bits per heavy atom. The number of hydrogen-bond donors (Lipinski definition) is 0. The number of nitrogens with zero attached hydrogens (tertiary/aromatic N) is 2. The molecule has 1 spiro atoms. The second kappa shape index (κ2) is 3.96. The third kappa shape index (κ3) is 1.40. The zero-order valence-corrected chi connectivity index (χ0v) is 12.2. The average molecular weight is 292 g/mol. The Labute approximate surface area is 129 Å². The fourth-order valence-electron chi connectivity index (χ4n) is 5.42. The lowest BCUT2D eigenvalue weighted by molar-refractivity contribution is -0.241. The topological polar surface area (TPSA) is 27.2 Å². The van der Waals surface area contributed by atoms with Gasteiger partial charge in [-0.1, -0.05) is 0 Å². The van der Waals surface area contributed by atoms with Crippen LogP contribution in [0.1, 0.15) is 32.1 Å². The van der Waals surface area contributed by atoms with Crippen LogP contribution < -0.4 is 9.47 Å². The van der Waals surface area contributed by atoms with Gasteiger partial charge in [-0.2, -0.15) is 0 Å². The zero-order valence-electron chi connectivity index (χ0n) is 12.2. The van der Waals surface area contributed by atoms with Crippen LogP contribution in [0.15, 0.2) is 12.1 Å². The summed E-state index contributed by atoms with van der Waals surface area (Å²) in [5, 5.41) is 0. The quantitative estimate of drug-likeness (QED) is 0.647. The summed E-state index contributed by atoms with van der Waals surface area (Å²) in [6.07, 6.45) is 6.19. The molecule has 0 radical (unpaired) electrons. The molecule has 0 atom stereocenters. The lowest BCUT2D eigenvalue weighted by Gasteiger charge is -2.57. The summed E-state index contributed by atoms with van der Waals surface area (Å²) in [5.41, 5.74) is 0.719. The molecule has 0 saturated heterocycles. The van der Waals surface area contributed by atoms with Crippen molar-refractivity contribution in [2.24, 2.45) is 23.7 Å². The maximum Gasteiger partial charge on any atom is 0.257 e. The van der Waals surface area contributed by atoms with E-state index in [9.17, 15) is 0 Å². The van der Waals surface area contributed by atoms with Crippen LogP contribution in [0.5, 0.6) is 11.5 Å². The molecule has 4 aliphatic carbocycles. The van der Waals surface area contributed by atoms with Crippen LogP contribution in [0.3, 0.4) is 0 Å². The smallest absolute Gasteiger partial charge is 0.257 e. The van der Waals surface area contributed by atoms with Crippen LogP contribution in [0, 0.1) is 36.8 Å². The molecule has 4 heteroatoms. The summed E-state index contributed by atoms with van der Waals surface area (Å²) in [7, 11) is 0. The average Bonchev–Trinajstić information content (AvgIpc) is 2.89. The van der Waals surface area contributed by atoms with Gasteiger partial charge in [0.25, 0.3) is 5.79 Å². The second-order valence-corrected chi connectivity index (χ2v) is 7.24. The summed E-state index contributed by atoms with van der Waals surface area (Å²) in [5.74, 6) is 3.42. The van der Waals surface area contributed by atoms with Crippen LogP contribution in [-0.2, 0) is 0 Å². The summed E-state index contributed by atoms with van der Waals surface area (Å²) in [6.45, 7) is 14.5. The van der Waals surface area contributed by atoms with Gasteiger partial charge in [-0.15, -0.1) is 0 Å². The lowest BCUT2D eigenvalue weighted by atomic mass is 9.53. The number of benzene rings is 1. The van der Waals surface area contributed by atoms with Crippen molar-refractivity contribution in [2.45, 2.75) is 37.9 Å². The summed E-state index contributed by atoms with van der Waals surface area (Å²) < 4.78 is 12.7. The molecule has 22 heavy (non-hydrogen) atoms. The molecule has 110 valence electrons. The lowest BCUT2D eigenvalue weighted by Crippen LogP contribution is -2.62. The predicted octanol–water partition coefficient (Wildman–Crippen LogP) is 4.71. The summed E-state index contributed by atoms with van der Waals surface area (Å²) in [4.78, 5) is 6.89. The van der Waals surface area contributed by atoms with Gasteiger partial charge in [0.05, 0.1) is 13.1 Å². The van der Waals surface area contributed by atoms with Crippen molar-refractivity contribution in [3.63, 3.8) is 0 Å². The molecule has 1 aromatic rings. The molecule has 4 saturated carbocycles. The van der Waals surface area contributed by atoms with E-state index in [1.54, 1.807) is 12.1 Å². The third-order valence-corrected chi connectivity index (χ3v) is 6.10. The number of fused-ring (bicyclic) bond motifs is 1. The molecule has 6 rings (SSSR count). The first kappa shape index (κ1) is 12.4. The first-order valence-electron chi connectivity index (χ1n) is 8.03. The maximum atomic E-state index is 7.23. The van der Waals surface area contributed by atoms with Gasteiger partial charge < -0.3 is 9.47 Å². The van der Waals surface area contributed by atoms with Gasteiger partial charge >= 0.3 is 0 Å². The van der Waals surface area contributed by atoms with Crippen molar-refractivity contribution in [2.75, 3.05) is 0 Å². The molecule has 4 fully saturated rings. The Bertz CT molecular complexity index is 683. The van der Waals surface area contributed by atoms with E-state index in [-0.39, 0.29) is 0 Å². The molecule has 4 nitrogen and oxygen atoms in total. The Hall–Kier alpha value is -2.20. The van der Waals surface area contributed by atoms with Gasteiger partial charge in [0.15, 0.2) is 22.9 Å². The van der Waals surface area contributed by atoms with E-state index >= 15 is 0 Å². The van der Waals surface area contributed by atoms with Gasteiger partial charge in [-0.3, -0.25) is 0 Å². The highest BCUT2D eigenvalue weighted by molar-refractivity contribution is 5.76. The summed E-state index contributed by atoms with van der Waals surface area (Å²) in [6, 6.07) is 3.38. The Morgan fingerprint density at radius 1 is 0.818 bits per heavy atom. The minimum absolute atomic E-state index is 0.359. The Balaban J connectivity index is 1.57. The van der Waals surface area contributed by atoms with Gasteiger partial charge in [0.2, 0.25) is 0 Å². The van der Waals surface area contributed by atoms with Crippen molar-refractivity contribution in [3.05, 3.63) is 35.0 Å². The highest BCUT2D eigenvalue weighted by atomic mass is 16.7. The van der Waals surface area contributed by atoms with E-state index in [1.807, 2.05) is 0 Å². The van der Waals surface area contributed by atoms with E-state index < -0.39 is 5.79 Å². The van der Waals surface area contributed by atoms with Crippen LogP contribution in [-0.4, -0.2) is 5.79 Å². The molecule has 0 aromatic heterocycles. The first-order chi connectivity index (χ1) is 10.7. The largest absolute Gasteiger partial charge is 0.449 e. The third-order valence-electron chi connectivity index (χ3n) is 6.10. The number of hydrogen-bond acceptors (Lipinski definition) is 2. The molecule has 1 aliphatic heterocycles. The van der Waals surface area contributed by atoms with Crippen LogP contribution in [0.2, 0.25) is 0 Å². The zero-order chi connectivity index (χ0) is 14.9. The van der Waals surface area contributed by atoms with Crippen molar-refractivity contribution in [1.29, 1.82) is 0 Å². The van der Waals surface area contributed by atoms with Crippen molar-refractivity contribution >= 4 is 11.4 Å². The molecular formula is C18H16N2O2. The van der Waals surface area contributed by atoms with Crippen LogP contribution >= 0.6 is 0 Å². The van der Waals surface area contributed by atoms with Crippen LogP contribution in [0.4, 0.5) is 11.4 Å². The van der Waals surface area contributed by atoms with E-state index in [0.717, 1.165) is 11.8 Å². The molecule has 1 heterocycles. The molecule has 0 N–H and O–H groups in total. The second-order valence-electron chi connectivity index (χ2n) is 7.24. The number of rotatable bonds is 0. The van der Waals surface area contributed by atoms with Gasteiger partial charge in [-0.05, 0) is 56.1 Å². The fourth-order valence-corrected chi connectivity index (χ4v) is 5.42. The molecular weight excluding hydrogens is 276 g/mol. The molecule has 1 aromatic carbocycles. The number of ether oxygens (including phenoxy) is 2. The molecule has 5 aliphatic rings. The normalized spacial score (nSPS) is 35.4. The Kier molecular flexibility index (Phi) is 2.22. The van der Waals surface area contributed by atoms with Crippen molar-refractivity contribution < 1.29 is 9.47 Å². The monoisotopic (exact) mass is 292 g/mol. The minimum atomic E-state index is -0.518. The predicted molar refractivity (Wildman–Crippen MR) is 80.0 cm³/mol. The Morgan fingerprint density at radius 3 is 1.68 bits per heavy atom. The summed E-state index contributed by atoms with van der Waals surface area (Å²) >= 11 is 0. The van der Waals surface area contributed by atoms with Gasteiger partial charge in [0.1, 0.15) is 0 Å². The minimum Gasteiger partial charge on any atom is -0.449 e. The van der Waals surface area contributed by atoms with E-state index in [0.29, 0.717) is 34.7 Å². The highest BCUT2D eigenvalue weighted by Crippen LogP contribution is 2.63. The molecule has 0 unspecified atom stereocenters. The van der Waals surface area contributed by atoms with E-state index in [2.05, 4.69) is 9.69 Å². The van der Waals surface area contributed by atoms with E-state index in [1.165, 1.54) is 32.1 Å². The molecule has 4 bridgehead atoms. The van der Waals surface area contributed by atoms with E-state index in [4.69, 9.17) is 22.6 Å². The van der Waals surface area contributed by atoms with Crippen molar-refractivity contribution in [3.8, 4) is 11.5 Å². The van der Waals surface area contributed by atoms with Gasteiger partial charge in [-0.25, -0.2) is 9.69 Å². The standard InChI is InChI=1S/C18H16N2O2/c1-19-14-8-16-17(9-15(14)20-2)22-18(21-16)12-4-10-3-11(6-12)7-13(18)5-10/h8-13H,3-7H2. The molecule has 0 amide bonds. The van der Waals surface area contributed by atoms with Gasteiger partial charge in [0, 0.05) is 11.8 Å². The highest BCUT2D eigenvalue weighted by Gasteiger charge is 2.63. The first-order valence-corrected chi connectivity index (χ1v) is 8.03. The fraction of sp³-hybridized carbons (Fsp3) is 0.556. The SMILES string of the molecule is [C-]#[N+]c1cc2c(cc1[N+]#[C-])OC1(O2)C2CC3CC(C2)CC1C3.